The van der Waals surface area contributed by atoms with Gasteiger partial charge in [-0.25, -0.2) is 0 Å². The number of aromatic nitrogens is 5. The van der Waals surface area contributed by atoms with Gasteiger partial charge in [-0.1, -0.05) is 23.5 Å². The van der Waals surface area contributed by atoms with Gasteiger partial charge in [0.15, 0.2) is 5.82 Å². The fourth-order valence-corrected chi connectivity index (χ4v) is 4.25. The minimum Gasteiger partial charge on any atom is -0.488 e. The maximum atomic E-state index is 6.08. The van der Waals surface area contributed by atoms with Gasteiger partial charge in [0.2, 0.25) is 4.96 Å². The Balaban J connectivity index is 1.44. The number of ether oxygens (including phenoxy) is 1. The molecule has 0 amide bonds. The maximum Gasteiger partial charge on any atom is 0.234 e. The minimum atomic E-state index is -0.0857. The predicted molar refractivity (Wildman–Crippen MR) is 104 cm³/mol. The molecule has 1 aromatic carbocycles. The molecule has 136 valence electrons. The molecule has 0 spiro atoms. The fraction of sp³-hybridized carbons (Fsp3) is 0.300. The van der Waals surface area contributed by atoms with Crippen LogP contribution in [0.15, 0.2) is 42.7 Å². The van der Waals surface area contributed by atoms with E-state index in [1.54, 1.807) is 12.4 Å². The zero-order valence-electron chi connectivity index (χ0n) is 15.2. The van der Waals surface area contributed by atoms with E-state index in [0.717, 1.165) is 39.9 Å². The van der Waals surface area contributed by atoms with E-state index in [4.69, 9.17) is 9.84 Å². The summed E-state index contributed by atoms with van der Waals surface area (Å²) in [5, 5.41) is 14.3. The van der Waals surface area contributed by atoms with Crippen molar-refractivity contribution in [2.75, 3.05) is 0 Å². The lowest BCUT2D eigenvalue weighted by atomic mass is 9.93. The molecule has 0 fully saturated rings. The molecular weight excluding hydrogens is 358 g/mol. The third-order valence-corrected chi connectivity index (χ3v) is 5.80. The van der Waals surface area contributed by atoms with Crippen LogP contribution < -0.4 is 4.74 Å². The quantitative estimate of drug-likeness (QED) is 0.541. The van der Waals surface area contributed by atoms with E-state index in [9.17, 15) is 0 Å². The van der Waals surface area contributed by atoms with Gasteiger partial charge in [-0.15, -0.1) is 10.2 Å². The van der Waals surface area contributed by atoms with Crippen LogP contribution in [0.4, 0.5) is 0 Å². The number of hydrogen-bond acceptors (Lipinski definition) is 6. The number of rotatable bonds is 3. The summed E-state index contributed by atoms with van der Waals surface area (Å²) in [6, 6.07) is 10.3. The lowest BCUT2D eigenvalue weighted by Crippen LogP contribution is -2.32. The van der Waals surface area contributed by atoms with Crippen molar-refractivity contribution in [3.05, 3.63) is 59.7 Å². The van der Waals surface area contributed by atoms with Gasteiger partial charge in [0, 0.05) is 24.4 Å². The average Bonchev–Trinajstić information content (AvgIpc) is 3.24. The van der Waals surface area contributed by atoms with Crippen LogP contribution >= 0.6 is 11.3 Å². The summed E-state index contributed by atoms with van der Waals surface area (Å²) in [5.41, 5.74) is 3.42. The number of fused-ring (bicyclic) bond motifs is 2. The molecule has 3 aromatic heterocycles. The SMILES string of the molecule is CC1(C)CCc2cc(Cc3nnc4sc(-c5ccncc5)nn34)ccc2O1. The Hall–Kier alpha value is -2.80. The van der Waals surface area contributed by atoms with Gasteiger partial charge in [0.25, 0.3) is 0 Å². The summed E-state index contributed by atoms with van der Waals surface area (Å²) < 4.78 is 7.93. The van der Waals surface area contributed by atoms with Gasteiger partial charge in [-0.05, 0) is 56.0 Å². The van der Waals surface area contributed by atoms with Crippen molar-refractivity contribution < 1.29 is 4.74 Å². The second-order valence-electron chi connectivity index (χ2n) is 7.43. The lowest BCUT2D eigenvalue weighted by molar-refractivity contribution is 0.0846. The van der Waals surface area contributed by atoms with Gasteiger partial charge < -0.3 is 4.74 Å². The summed E-state index contributed by atoms with van der Waals surface area (Å²) in [6.07, 6.45) is 6.30. The van der Waals surface area contributed by atoms with E-state index in [2.05, 4.69) is 47.2 Å². The Morgan fingerprint density at radius 1 is 1.15 bits per heavy atom. The maximum absolute atomic E-state index is 6.08. The number of hydrogen-bond donors (Lipinski definition) is 0. The molecule has 0 N–H and O–H groups in total. The fourth-order valence-electron chi connectivity index (χ4n) is 3.38. The second kappa shape index (κ2) is 6.13. The molecule has 5 rings (SSSR count). The third-order valence-electron chi connectivity index (χ3n) is 4.85. The first-order valence-electron chi connectivity index (χ1n) is 9.00. The van der Waals surface area contributed by atoms with Gasteiger partial charge in [0.1, 0.15) is 16.4 Å². The smallest absolute Gasteiger partial charge is 0.234 e. The highest BCUT2D eigenvalue weighted by atomic mass is 32.1. The van der Waals surface area contributed by atoms with Crippen molar-refractivity contribution >= 4 is 16.3 Å². The number of pyridine rings is 1. The second-order valence-corrected chi connectivity index (χ2v) is 8.39. The van der Waals surface area contributed by atoms with E-state index in [-0.39, 0.29) is 5.60 Å². The average molecular weight is 377 g/mol. The number of aryl methyl sites for hydroxylation is 1. The zero-order chi connectivity index (χ0) is 18.4. The summed E-state index contributed by atoms with van der Waals surface area (Å²) in [4.78, 5) is 4.87. The molecule has 4 aromatic rings. The first-order valence-corrected chi connectivity index (χ1v) is 9.81. The molecule has 4 heterocycles. The van der Waals surface area contributed by atoms with Crippen molar-refractivity contribution in [1.82, 2.24) is 24.8 Å². The molecule has 1 aliphatic rings. The molecule has 0 bridgehead atoms. The van der Waals surface area contributed by atoms with Crippen molar-refractivity contribution in [2.45, 2.75) is 38.7 Å². The van der Waals surface area contributed by atoms with Gasteiger partial charge in [-0.2, -0.15) is 9.61 Å². The highest BCUT2D eigenvalue weighted by molar-refractivity contribution is 7.19. The summed E-state index contributed by atoms with van der Waals surface area (Å²) in [6.45, 7) is 4.28. The largest absolute Gasteiger partial charge is 0.488 e. The van der Waals surface area contributed by atoms with Crippen LogP contribution in [0.5, 0.6) is 5.75 Å². The molecule has 0 saturated heterocycles. The molecule has 1 aliphatic heterocycles. The van der Waals surface area contributed by atoms with Gasteiger partial charge in [0.05, 0.1) is 0 Å². The van der Waals surface area contributed by atoms with Crippen molar-refractivity contribution in [3.8, 4) is 16.3 Å². The highest BCUT2D eigenvalue weighted by Gasteiger charge is 2.26. The first-order chi connectivity index (χ1) is 13.1. The highest BCUT2D eigenvalue weighted by Crippen LogP contribution is 2.34. The van der Waals surface area contributed by atoms with Crippen LogP contribution in [-0.2, 0) is 12.8 Å². The third kappa shape index (κ3) is 3.08. The first kappa shape index (κ1) is 16.4. The Bertz CT molecular complexity index is 1120. The zero-order valence-corrected chi connectivity index (χ0v) is 16.0. The minimum absolute atomic E-state index is 0.0857. The van der Waals surface area contributed by atoms with E-state index in [1.807, 2.05) is 16.6 Å². The van der Waals surface area contributed by atoms with Crippen LogP contribution in [0, 0.1) is 0 Å². The molecule has 6 nitrogen and oxygen atoms in total. The van der Waals surface area contributed by atoms with Crippen molar-refractivity contribution in [2.24, 2.45) is 0 Å². The van der Waals surface area contributed by atoms with E-state index in [0.29, 0.717) is 6.42 Å². The van der Waals surface area contributed by atoms with Crippen molar-refractivity contribution in [1.29, 1.82) is 0 Å². The predicted octanol–water partition coefficient (Wildman–Crippen LogP) is 3.94. The molecular formula is C20H19N5OS. The van der Waals surface area contributed by atoms with Crippen LogP contribution in [0.25, 0.3) is 15.5 Å². The topological polar surface area (TPSA) is 65.2 Å². The number of nitrogens with zero attached hydrogens (tertiary/aromatic N) is 5. The van der Waals surface area contributed by atoms with Crippen LogP contribution in [0.1, 0.15) is 37.2 Å². The molecule has 27 heavy (non-hydrogen) atoms. The molecule has 0 radical (unpaired) electrons. The molecule has 7 heteroatoms. The Kier molecular flexibility index (Phi) is 3.72. The number of benzene rings is 1. The molecule has 0 aliphatic carbocycles. The standard InChI is InChI=1S/C20H19N5OS/c1-20(2)8-5-15-11-13(3-4-16(15)26-20)12-17-22-23-19-25(17)24-18(27-19)14-6-9-21-10-7-14/h3-4,6-7,9-11H,5,8,12H2,1-2H3. The van der Waals surface area contributed by atoms with E-state index < -0.39 is 0 Å². The summed E-state index contributed by atoms with van der Waals surface area (Å²) in [5.74, 6) is 1.84. The van der Waals surface area contributed by atoms with Crippen LogP contribution in [0.3, 0.4) is 0 Å². The van der Waals surface area contributed by atoms with E-state index in [1.165, 1.54) is 22.5 Å². The summed E-state index contributed by atoms with van der Waals surface area (Å²) >= 11 is 1.53. The van der Waals surface area contributed by atoms with Crippen LogP contribution in [0.2, 0.25) is 0 Å². The van der Waals surface area contributed by atoms with Crippen LogP contribution in [-0.4, -0.2) is 30.4 Å². The Morgan fingerprint density at radius 2 is 2.00 bits per heavy atom. The van der Waals surface area contributed by atoms with Gasteiger partial charge in [-0.3, -0.25) is 4.98 Å². The lowest BCUT2D eigenvalue weighted by Gasteiger charge is -2.32. The Morgan fingerprint density at radius 3 is 2.85 bits per heavy atom. The monoisotopic (exact) mass is 377 g/mol. The molecule has 0 atom stereocenters. The molecule has 0 unspecified atom stereocenters. The Labute approximate surface area is 160 Å². The van der Waals surface area contributed by atoms with Crippen molar-refractivity contribution in [3.63, 3.8) is 0 Å². The van der Waals surface area contributed by atoms with Gasteiger partial charge >= 0.3 is 0 Å². The van der Waals surface area contributed by atoms with E-state index >= 15 is 0 Å². The summed E-state index contributed by atoms with van der Waals surface area (Å²) in [7, 11) is 0. The molecule has 0 saturated carbocycles. The normalized spacial score (nSPS) is 15.5.